The molecule has 0 bridgehead atoms. The second kappa shape index (κ2) is 8.49. The van der Waals surface area contributed by atoms with Gasteiger partial charge >= 0.3 is 12.0 Å². The first-order valence-electron chi connectivity index (χ1n) is 6.51. The van der Waals surface area contributed by atoms with Crippen molar-refractivity contribution < 1.29 is 29.0 Å². The van der Waals surface area contributed by atoms with Crippen LogP contribution in [0.4, 0.5) is 4.79 Å². The molecule has 3 amide bonds. The molecule has 0 aromatic carbocycles. The molecule has 2 unspecified atom stereocenters. The van der Waals surface area contributed by atoms with Gasteiger partial charge in [0.15, 0.2) is 0 Å². The van der Waals surface area contributed by atoms with E-state index in [-0.39, 0.29) is 12.0 Å². The molecule has 1 saturated heterocycles. The van der Waals surface area contributed by atoms with E-state index in [2.05, 4.69) is 15.4 Å². The van der Waals surface area contributed by atoms with Gasteiger partial charge in [0.2, 0.25) is 0 Å². The third-order valence-corrected chi connectivity index (χ3v) is 2.99. The Morgan fingerprint density at radius 3 is 2.75 bits per heavy atom. The van der Waals surface area contributed by atoms with Crippen LogP contribution in [0, 0.1) is 5.92 Å². The van der Waals surface area contributed by atoms with Gasteiger partial charge in [-0.1, -0.05) is 6.92 Å². The first kappa shape index (κ1) is 16.4. The van der Waals surface area contributed by atoms with Crippen LogP contribution in [-0.2, 0) is 19.1 Å². The average molecular weight is 288 g/mol. The predicted molar refractivity (Wildman–Crippen MR) is 68.1 cm³/mol. The molecule has 1 rings (SSSR count). The summed E-state index contributed by atoms with van der Waals surface area (Å²) in [6.07, 6.45) is 1.91. The van der Waals surface area contributed by atoms with E-state index < -0.39 is 31.1 Å². The molecule has 114 valence electrons. The summed E-state index contributed by atoms with van der Waals surface area (Å²) >= 11 is 0. The monoisotopic (exact) mass is 288 g/mol. The van der Waals surface area contributed by atoms with Gasteiger partial charge in [0, 0.05) is 19.1 Å². The van der Waals surface area contributed by atoms with Gasteiger partial charge in [0.05, 0.1) is 6.10 Å². The van der Waals surface area contributed by atoms with E-state index in [0.29, 0.717) is 13.2 Å². The zero-order valence-corrected chi connectivity index (χ0v) is 11.4. The van der Waals surface area contributed by atoms with Gasteiger partial charge in [0.25, 0.3) is 5.91 Å². The second-order valence-electron chi connectivity index (χ2n) is 4.51. The fourth-order valence-electron chi connectivity index (χ4n) is 2.04. The number of carbonyl (C=O) groups is 3. The number of urea groups is 1. The highest BCUT2D eigenvalue weighted by Gasteiger charge is 2.26. The SMILES string of the molecule is CCC1OCCC1CNC(=O)NC(=O)COCC(=O)O. The maximum atomic E-state index is 11.4. The summed E-state index contributed by atoms with van der Waals surface area (Å²) in [5, 5.41) is 13.0. The van der Waals surface area contributed by atoms with Crippen molar-refractivity contribution in [3.63, 3.8) is 0 Å². The number of hydrogen-bond acceptors (Lipinski definition) is 5. The first-order chi connectivity index (χ1) is 9.52. The van der Waals surface area contributed by atoms with Gasteiger partial charge in [-0.15, -0.1) is 0 Å². The van der Waals surface area contributed by atoms with E-state index in [0.717, 1.165) is 12.8 Å². The van der Waals surface area contributed by atoms with Crippen LogP contribution in [0.1, 0.15) is 19.8 Å². The van der Waals surface area contributed by atoms with Crippen LogP contribution in [-0.4, -0.2) is 55.5 Å². The number of hydrogen-bond donors (Lipinski definition) is 3. The van der Waals surface area contributed by atoms with E-state index in [1.165, 1.54) is 0 Å². The van der Waals surface area contributed by atoms with Crippen LogP contribution < -0.4 is 10.6 Å². The molecule has 8 nitrogen and oxygen atoms in total. The molecule has 0 aromatic rings. The van der Waals surface area contributed by atoms with Crippen LogP contribution in [0.5, 0.6) is 0 Å². The Morgan fingerprint density at radius 2 is 2.10 bits per heavy atom. The summed E-state index contributed by atoms with van der Waals surface area (Å²) in [6, 6.07) is -0.615. The standard InChI is InChI=1S/C12H20N2O6/c1-2-9-8(3-4-20-9)5-13-12(18)14-10(15)6-19-7-11(16)17/h8-9H,2-7H2,1H3,(H,16,17)(H2,13,14,15,18). The average Bonchev–Trinajstić information content (AvgIpc) is 2.83. The molecule has 3 N–H and O–H groups in total. The van der Waals surface area contributed by atoms with Crippen molar-refractivity contribution in [3.05, 3.63) is 0 Å². The minimum Gasteiger partial charge on any atom is -0.480 e. The van der Waals surface area contributed by atoms with Gasteiger partial charge in [-0.3, -0.25) is 10.1 Å². The number of nitrogens with one attached hydrogen (secondary N) is 2. The van der Waals surface area contributed by atoms with Crippen molar-refractivity contribution in [2.24, 2.45) is 5.92 Å². The topological polar surface area (TPSA) is 114 Å². The zero-order chi connectivity index (χ0) is 15.0. The third kappa shape index (κ3) is 5.98. The lowest BCUT2D eigenvalue weighted by Crippen LogP contribution is -2.43. The Hall–Kier alpha value is -1.67. The quantitative estimate of drug-likeness (QED) is 0.594. The van der Waals surface area contributed by atoms with Crippen molar-refractivity contribution in [2.45, 2.75) is 25.9 Å². The van der Waals surface area contributed by atoms with Crippen molar-refractivity contribution in [3.8, 4) is 0 Å². The predicted octanol–water partition coefficient (Wildman–Crippen LogP) is -0.271. The number of carboxylic acids is 1. The summed E-state index contributed by atoms with van der Waals surface area (Å²) in [5.74, 6) is -1.60. The van der Waals surface area contributed by atoms with Crippen LogP contribution >= 0.6 is 0 Å². The number of amides is 3. The number of carbonyl (C=O) groups excluding carboxylic acids is 2. The van der Waals surface area contributed by atoms with Crippen LogP contribution in [0.3, 0.4) is 0 Å². The van der Waals surface area contributed by atoms with E-state index in [1.807, 2.05) is 6.92 Å². The molecule has 0 spiro atoms. The lowest BCUT2D eigenvalue weighted by atomic mass is 10.00. The fourth-order valence-corrected chi connectivity index (χ4v) is 2.04. The molecule has 2 atom stereocenters. The van der Waals surface area contributed by atoms with E-state index >= 15 is 0 Å². The number of imide groups is 1. The smallest absolute Gasteiger partial charge is 0.329 e. The Balaban J connectivity index is 2.16. The van der Waals surface area contributed by atoms with Crippen molar-refractivity contribution in [2.75, 3.05) is 26.4 Å². The van der Waals surface area contributed by atoms with E-state index in [9.17, 15) is 14.4 Å². The number of rotatable bonds is 7. The molecule has 0 radical (unpaired) electrons. The van der Waals surface area contributed by atoms with Gasteiger partial charge in [-0.05, 0) is 12.8 Å². The fraction of sp³-hybridized carbons (Fsp3) is 0.750. The lowest BCUT2D eigenvalue weighted by molar-refractivity contribution is -0.143. The van der Waals surface area contributed by atoms with Crippen LogP contribution in [0.15, 0.2) is 0 Å². The highest BCUT2D eigenvalue weighted by Crippen LogP contribution is 2.22. The Kier molecular flexibility index (Phi) is 6.96. The molecule has 1 aliphatic rings. The lowest BCUT2D eigenvalue weighted by Gasteiger charge is -2.17. The van der Waals surface area contributed by atoms with Crippen molar-refractivity contribution >= 4 is 17.9 Å². The highest BCUT2D eigenvalue weighted by atomic mass is 16.5. The van der Waals surface area contributed by atoms with Crippen LogP contribution in [0.2, 0.25) is 0 Å². The summed E-state index contributed by atoms with van der Waals surface area (Å²) in [6.45, 7) is 2.10. The van der Waals surface area contributed by atoms with Gasteiger partial charge < -0.3 is 19.9 Å². The summed E-state index contributed by atoms with van der Waals surface area (Å²) in [7, 11) is 0. The van der Waals surface area contributed by atoms with Gasteiger partial charge in [-0.25, -0.2) is 9.59 Å². The highest BCUT2D eigenvalue weighted by molar-refractivity contribution is 5.94. The Morgan fingerprint density at radius 1 is 1.35 bits per heavy atom. The largest absolute Gasteiger partial charge is 0.480 e. The molecule has 0 aromatic heterocycles. The number of carboxylic acid groups (broad SMARTS) is 1. The second-order valence-corrected chi connectivity index (χ2v) is 4.51. The van der Waals surface area contributed by atoms with Crippen molar-refractivity contribution in [1.82, 2.24) is 10.6 Å². The summed E-state index contributed by atoms with van der Waals surface area (Å²) < 4.78 is 10.0. The third-order valence-electron chi connectivity index (χ3n) is 2.99. The maximum Gasteiger partial charge on any atom is 0.329 e. The van der Waals surface area contributed by atoms with E-state index in [4.69, 9.17) is 9.84 Å². The minimum absolute atomic E-state index is 0.143. The molecule has 8 heteroatoms. The first-order valence-corrected chi connectivity index (χ1v) is 6.51. The minimum atomic E-state index is -1.17. The van der Waals surface area contributed by atoms with E-state index in [1.54, 1.807) is 0 Å². The molecular formula is C12H20N2O6. The molecule has 20 heavy (non-hydrogen) atoms. The molecule has 0 saturated carbocycles. The van der Waals surface area contributed by atoms with Crippen molar-refractivity contribution in [1.29, 1.82) is 0 Å². The zero-order valence-electron chi connectivity index (χ0n) is 11.4. The maximum absolute atomic E-state index is 11.4. The molecule has 1 aliphatic heterocycles. The molecular weight excluding hydrogens is 268 g/mol. The Labute approximate surface area is 116 Å². The number of aliphatic carboxylic acids is 1. The van der Waals surface area contributed by atoms with Crippen LogP contribution in [0.25, 0.3) is 0 Å². The summed E-state index contributed by atoms with van der Waals surface area (Å²) in [4.78, 5) is 32.8. The van der Waals surface area contributed by atoms with Gasteiger partial charge in [-0.2, -0.15) is 0 Å². The molecule has 1 heterocycles. The Bertz CT molecular complexity index is 360. The normalized spacial score (nSPS) is 21.4. The summed E-state index contributed by atoms with van der Waals surface area (Å²) in [5.41, 5.74) is 0. The molecule has 1 fully saturated rings. The number of ether oxygens (including phenoxy) is 2. The van der Waals surface area contributed by atoms with Gasteiger partial charge in [0.1, 0.15) is 13.2 Å². The molecule has 0 aliphatic carbocycles.